The maximum absolute atomic E-state index is 13.0. The summed E-state index contributed by atoms with van der Waals surface area (Å²) in [5.74, 6) is -4.36. The van der Waals surface area contributed by atoms with E-state index in [0.717, 1.165) is 0 Å². The molecule has 0 bridgehead atoms. The highest BCUT2D eigenvalue weighted by molar-refractivity contribution is 7.80. The molecular formula is C22H43N9O6S. The number of aliphatic imine (C=N–C) groups is 1. The fourth-order valence-corrected chi connectivity index (χ4v) is 3.44. The molecule has 0 aliphatic carbocycles. The second-order valence-corrected chi connectivity index (χ2v) is 9.36. The second kappa shape index (κ2) is 19.0. The van der Waals surface area contributed by atoms with Gasteiger partial charge in [-0.05, 0) is 44.6 Å². The Balaban J connectivity index is 5.13. The SMILES string of the molecule is CC(C)C(NC(=O)C(CCCCN)NC(=O)CNC(=O)C(N)CCCN=C(N)N)C(=O)NC(CS)C(=O)O. The molecule has 38 heavy (non-hydrogen) atoms. The van der Waals surface area contributed by atoms with Crippen molar-refractivity contribution in [1.82, 2.24) is 21.3 Å². The summed E-state index contributed by atoms with van der Waals surface area (Å²) < 4.78 is 0. The van der Waals surface area contributed by atoms with E-state index in [1.54, 1.807) is 13.8 Å². The number of carbonyl (C=O) groups excluding carboxylic acids is 4. The van der Waals surface area contributed by atoms with Gasteiger partial charge in [0, 0.05) is 12.3 Å². The number of amides is 4. The van der Waals surface area contributed by atoms with E-state index in [1.807, 2.05) is 0 Å². The molecule has 4 amide bonds. The molecule has 0 aromatic rings. The third-order valence-electron chi connectivity index (χ3n) is 5.37. The smallest absolute Gasteiger partial charge is 0.327 e. The predicted octanol–water partition coefficient (Wildman–Crippen LogP) is -3.26. The van der Waals surface area contributed by atoms with Crippen molar-refractivity contribution in [3.63, 3.8) is 0 Å². The average molecular weight is 562 g/mol. The number of carboxylic acid groups (broad SMARTS) is 1. The van der Waals surface area contributed by atoms with Gasteiger partial charge in [0.1, 0.15) is 18.1 Å². The van der Waals surface area contributed by atoms with E-state index in [-0.39, 0.29) is 24.1 Å². The number of nitrogens with one attached hydrogen (secondary N) is 4. The number of thiol groups is 1. The number of nitrogens with two attached hydrogens (primary N) is 4. The molecule has 4 unspecified atom stereocenters. The average Bonchev–Trinajstić information content (AvgIpc) is 2.85. The number of aliphatic carboxylic acids is 1. The lowest BCUT2D eigenvalue weighted by atomic mass is 10.0. The Bertz CT molecular complexity index is 823. The highest BCUT2D eigenvalue weighted by Gasteiger charge is 2.31. The summed E-state index contributed by atoms with van der Waals surface area (Å²) in [6, 6.07) is -4.19. The van der Waals surface area contributed by atoms with Crippen molar-refractivity contribution in [3.8, 4) is 0 Å². The van der Waals surface area contributed by atoms with Crippen molar-refractivity contribution < 1.29 is 29.1 Å². The summed E-state index contributed by atoms with van der Waals surface area (Å²) in [6.45, 7) is 3.64. The van der Waals surface area contributed by atoms with Gasteiger partial charge < -0.3 is 49.3 Å². The maximum Gasteiger partial charge on any atom is 0.327 e. The minimum absolute atomic E-state index is 0.0628. The summed E-state index contributed by atoms with van der Waals surface area (Å²) in [4.78, 5) is 65.4. The highest BCUT2D eigenvalue weighted by Crippen LogP contribution is 2.07. The van der Waals surface area contributed by atoms with Crippen LogP contribution >= 0.6 is 12.6 Å². The summed E-state index contributed by atoms with van der Waals surface area (Å²) in [6.07, 6.45) is 2.10. The van der Waals surface area contributed by atoms with Crippen molar-refractivity contribution in [3.05, 3.63) is 0 Å². The van der Waals surface area contributed by atoms with Gasteiger partial charge >= 0.3 is 5.97 Å². The first-order valence-corrected chi connectivity index (χ1v) is 13.0. The normalized spacial score (nSPS) is 13.9. The van der Waals surface area contributed by atoms with E-state index in [0.29, 0.717) is 38.8 Å². The van der Waals surface area contributed by atoms with Gasteiger partial charge in [-0.2, -0.15) is 12.6 Å². The Hall–Kier alpha value is -3.11. The molecule has 4 atom stereocenters. The molecule has 0 aliphatic heterocycles. The number of unbranched alkanes of at least 4 members (excludes halogenated alkanes) is 1. The fourth-order valence-electron chi connectivity index (χ4n) is 3.19. The molecule has 16 heteroatoms. The Labute approximate surface area is 228 Å². The molecule has 0 aromatic heterocycles. The number of hydrogen-bond donors (Lipinski definition) is 10. The van der Waals surface area contributed by atoms with Gasteiger partial charge in [-0.3, -0.25) is 24.2 Å². The van der Waals surface area contributed by atoms with E-state index < -0.39 is 60.3 Å². The van der Waals surface area contributed by atoms with Gasteiger partial charge in [0.2, 0.25) is 23.6 Å². The zero-order valence-electron chi connectivity index (χ0n) is 21.9. The van der Waals surface area contributed by atoms with Crippen LogP contribution in [0, 0.1) is 5.92 Å². The molecule has 0 saturated carbocycles. The molecule has 0 aliphatic rings. The number of nitrogens with zero attached hydrogens (tertiary/aromatic N) is 1. The van der Waals surface area contributed by atoms with Crippen LogP contribution in [-0.4, -0.2) is 90.2 Å². The zero-order chi connectivity index (χ0) is 29.3. The summed E-state index contributed by atoms with van der Waals surface area (Å²) in [5.41, 5.74) is 21.8. The lowest BCUT2D eigenvalue weighted by molar-refractivity contribution is -0.142. The number of guanidine groups is 1. The van der Waals surface area contributed by atoms with Gasteiger partial charge in [-0.1, -0.05) is 13.8 Å². The Kier molecular flexibility index (Phi) is 17.5. The van der Waals surface area contributed by atoms with Gasteiger partial charge in [-0.25, -0.2) is 4.79 Å². The van der Waals surface area contributed by atoms with E-state index in [4.69, 9.17) is 28.0 Å². The van der Waals surface area contributed by atoms with Crippen molar-refractivity contribution in [1.29, 1.82) is 0 Å². The molecule has 218 valence electrons. The Morgan fingerprint density at radius 3 is 2.08 bits per heavy atom. The quantitative estimate of drug-likeness (QED) is 0.0325. The standard InChI is InChI=1S/C22H43N9O6S/c1-12(2)17(20(35)30-15(11-38)21(36)37)31-19(34)14(7-3-4-8-23)29-16(32)10-28-18(33)13(24)6-5-9-27-22(25)26/h12-15,17,38H,3-11,23-24H2,1-2H3,(H,28,33)(H,29,32)(H,30,35)(H,31,34)(H,36,37)(H4,25,26,27). The van der Waals surface area contributed by atoms with Gasteiger partial charge in [0.05, 0.1) is 12.6 Å². The van der Waals surface area contributed by atoms with Crippen LogP contribution in [0.4, 0.5) is 0 Å². The topological polar surface area (TPSA) is 270 Å². The number of rotatable bonds is 19. The Morgan fingerprint density at radius 1 is 0.895 bits per heavy atom. The van der Waals surface area contributed by atoms with Crippen LogP contribution in [0.3, 0.4) is 0 Å². The number of carboxylic acids is 1. The lowest BCUT2D eigenvalue weighted by Crippen LogP contribution is -2.58. The van der Waals surface area contributed by atoms with E-state index >= 15 is 0 Å². The minimum Gasteiger partial charge on any atom is -0.480 e. The van der Waals surface area contributed by atoms with Crippen LogP contribution in [0.2, 0.25) is 0 Å². The van der Waals surface area contributed by atoms with Crippen LogP contribution < -0.4 is 44.2 Å². The third-order valence-corrected chi connectivity index (χ3v) is 5.74. The molecule has 0 spiro atoms. The zero-order valence-corrected chi connectivity index (χ0v) is 22.8. The van der Waals surface area contributed by atoms with Crippen LogP contribution in [-0.2, 0) is 24.0 Å². The first-order valence-electron chi connectivity index (χ1n) is 12.4. The van der Waals surface area contributed by atoms with Gasteiger partial charge in [0.15, 0.2) is 5.96 Å². The van der Waals surface area contributed by atoms with Crippen molar-refractivity contribution in [2.45, 2.75) is 70.1 Å². The number of hydrogen-bond acceptors (Lipinski definition) is 9. The van der Waals surface area contributed by atoms with Gasteiger partial charge in [-0.15, -0.1) is 0 Å². The molecule has 0 fully saturated rings. The molecule has 0 rings (SSSR count). The molecule has 0 aromatic carbocycles. The van der Waals surface area contributed by atoms with Crippen molar-refractivity contribution in [2.24, 2.45) is 33.8 Å². The predicted molar refractivity (Wildman–Crippen MR) is 146 cm³/mol. The van der Waals surface area contributed by atoms with E-state index in [9.17, 15) is 24.0 Å². The third kappa shape index (κ3) is 14.6. The van der Waals surface area contributed by atoms with Crippen LogP contribution in [0.15, 0.2) is 4.99 Å². The number of carbonyl (C=O) groups is 5. The largest absolute Gasteiger partial charge is 0.480 e. The molecular weight excluding hydrogens is 518 g/mol. The molecule has 0 heterocycles. The second-order valence-electron chi connectivity index (χ2n) is 8.99. The summed E-state index contributed by atoms with van der Waals surface area (Å²) >= 11 is 3.92. The lowest BCUT2D eigenvalue weighted by Gasteiger charge is -2.26. The van der Waals surface area contributed by atoms with Crippen LogP contribution in [0.25, 0.3) is 0 Å². The summed E-state index contributed by atoms with van der Waals surface area (Å²) in [5, 5.41) is 19.1. The molecule has 13 N–H and O–H groups in total. The van der Waals surface area contributed by atoms with Crippen LogP contribution in [0.5, 0.6) is 0 Å². The van der Waals surface area contributed by atoms with Crippen molar-refractivity contribution in [2.75, 3.05) is 25.4 Å². The van der Waals surface area contributed by atoms with Gasteiger partial charge in [0.25, 0.3) is 0 Å². The molecule has 15 nitrogen and oxygen atoms in total. The fraction of sp³-hybridized carbons (Fsp3) is 0.727. The first kappa shape index (κ1) is 34.9. The van der Waals surface area contributed by atoms with E-state index in [2.05, 4.69) is 38.9 Å². The Morgan fingerprint density at radius 2 is 1.55 bits per heavy atom. The highest BCUT2D eigenvalue weighted by atomic mass is 32.1. The minimum atomic E-state index is -1.26. The molecule has 0 saturated heterocycles. The summed E-state index contributed by atoms with van der Waals surface area (Å²) in [7, 11) is 0. The molecule has 0 radical (unpaired) electrons. The monoisotopic (exact) mass is 561 g/mol. The van der Waals surface area contributed by atoms with Crippen LogP contribution in [0.1, 0.15) is 46.0 Å². The maximum atomic E-state index is 13.0. The van der Waals surface area contributed by atoms with E-state index in [1.165, 1.54) is 0 Å². The van der Waals surface area contributed by atoms with Crippen molar-refractivity contribution >= 4 is 48.2 Å². The first-order chi connectivity index (χ1) is 17.8.